The van der Waals surface area contributed by atoms with Crippen molar-refractivity contribution in [2.45, 2.75) is 24.8 Å². The van der Waals surface area contributed by atoms with Gasteiger partial charge in [0, 0.05) is 17.7 Å². The highest BCUT2D eigenvalue weighted by atomic mass is 32.1. The number of anilines is 1. The monoisotopic (exact) mass is 344 g/mol. The molecule has 2 aromatic rings. The highest BCUT2D eigenvalue weighted by Gasteiger charge is 2.41. The molecule has 0 aliphatic carbocycles. The molecule has 1 N–H and O–H groups in total. The molecule has 0 radical (unpaired) electrons. The molecule has 4 nitrogen and oxygen atoms in total. The van der Waals surface area contributed by atoms with Crippen LogP contribution in [0.4, 0.5) is 5.69 Å². The van der Waals surface area contributed by atoms with E-state index in [0.717, 1.165) is 36.5 Å². The lowest BCUT2D eigenvalue weighted by molar-refractivity contribution is -0.120. The van der Waals surface area contributed by atoms with Crippen LogP contribution in [0.25, 0.3) is 0 Å². The summed E-state index contributed by atoms with van der Waals surface area (Å²) < 4.78 is 5.55. The average molecular weight is 344 g/mol. The first-order chi connectivity index (χ1) is 11.7. The molecule has 1 amide bonds. The fraction of sp³-hybridized carbons (Fsp3) is 0.421. The first kappa shape index (κ1) is 17.1. The third-order valence-corrected chi connectivity index (χ3v) is 5.47. The molecule has 5 heteroatoms. The molecule has 0 saturated carbocycles. The Kier molecular flexibility index (Phi) is 5.66. The number of carbonyl (C=O) groups excluding carboxylic acids is 1. The average Bonchev–Trinajstić information content (AvgIpc) is 3.10. The zero-order chi connectivity index (χ0) is 16.8. The summed E-state index contributed by atoms with van der Waals surface area (Å²) in [5.74, 6) is 0.141. The number of nitrogens with zero attached hydrogens (tertiary/aromatic N) is 1. The molecule has 1 saturated heterocycles. The third kappa shape index (κ3) is 3.69. The number of methoxy groups -OCH3 is 1. The van der Waals surface area contributed by atoms with Gasteiger partial charge >= 0.3 is 0 Å². The van der Waals surface area contributed by atoms with Gasteiger partial charge in [-0.2, -0.15) is 0 Å². The summed E-state index contributed by atoms with van der Waals surface area (Å²) in [5.41, 5.74) is 0.674. The van der Waals surface area contributed by atoms with Crippen LogP contribution < -0.4 is 10.2 Å². The molecule has 1 aromatic carbocycles. The van der Waals surface area contributed by atoms with Crippen molar-refractivity contribution in [1.82, 2.24) is 5.32 Å². The summed E-state index contributed by atoms with van der Waals surface area (Å²) in [5, 5.41) is 5.42. The number of rotatable bonds is 6. The lowest BCUT2D eigenvalue weighted by atomic mass is 9.86. The predicted molar refractivity (Wildman–Crippen MR) is 98.7 cm³/mol. The van der Waals surface area contributed by atoms with E-state index < -0.39 is 0 Å². The van der Waals surface area contributed by atoms with Crippen LogP contribution in [-0.2, 0) is 16.0 Å². The minimum absolute atomic E-state index is 0.141. The Morgan fingerprint density at radius 2 is 1.96 bits per heavy atom. The molecule has 0 atom stereocenters. The van der Waals surface area contributed by atoms with Gasteiger partial charge in [0.15, 0.2) is 0 Å². The van der Waals surface area contributed by atoms with Crippen molar-refractivity contribution in [2.75, 3.05) is 31.7 Å². The number of ether oxygens (including phenoxy) is 1. The van der Waals surface area contributed by atoms with Crippen molar-refractivity contribution in [1.29, 1.82) is 0 Å². The van der Waals surface area contributed by atoms with Gasteiger partial charge in [0.25, 0.3) is 0 Å². The van der Waals surface area contributed by atoms with E-state index >= 15 is 0 Å². The molecule has 1 fully saturated rings. The zero-order valence-electron chi connectivity index (χ0n) is 14.0. The predicted octanol–water partition coefficient (Wildman–Crippen LogP) is 3.09. The van der Waals surface area contributed by atoms with Crippen LogP contribution in [0.3, 0.4) is 0 Å². The van der Waals surface area contributed by atoms with Gasteiger partial charge in [-0.3, -0.25) is 4.79 Å². The van der Waals surface area contributed by atoms with Gasteiger partial charge in [-0.1, -0.05) is 24.3 Å². The maximum atomic E-state index is 13.2. The minimum atomic E-state index is -0.282. The standard InChI is InChI=1S/C19H24N2O2S/c1-23-15-19(9-11-20-12-10-19)21(16-6-3-2-4-7-16)18(22)14-17-8-5-13-24-17/h2-8,13,20H,9-12,14-15H2,1H3. The summed E-state index contributed by atoms with van der Waals surface area (Å²) >= 11 is 1.63. The SMILES string of the molecule is COCC1(N(C(=O)Cc2cccs2)c2ccccc2)CCNCC1. The highest BCUT2D eigenvalue weighted by molar-refractivity contribution is 7.10. The maximum Gasteiger partial charge on any atom is 0.232 e. The molecule has 2 heterocycles. The number of amides is 1. The van der Waals surface area contributed by atoms with Crippen LogP contribution in [0.2, 0.25) is 0 Å². The molecule has 0 unspecified atom stereocenters. The van der Waals surface area contributed by atoms with E-state index in [1.807, 2.05) is 52.7 Å². The molecule has 1 aliphatic heterocycles. The normalized spacial score (nSPS) is 16.7. The molecule has 1 aromatic heterocycles. The Labute approximate surface area is 147 Å². The molecular formula is C19H24N2O2S. The summed E-state index contributed by atoms with van der Waals surface area (Å²) in [6.45, 7) is 2.36. The van der Waals surface area contributed by atoms with E-state index in [2.05, 4.69) is 5.32 Å². The van der Waals surface area contributed by atoms with Crippen molar-refractivity contribution in [3.63, 3.8) is 0 Å². The lowest BCUT2D eigenvalue weighted by Crippen LogP contribution is -2.60. The fourth-order valence-corrected chi connectivity index (χ4v) is 4.19. The lowest BCUT2D eigenvalue weighted by Gasteiger charge is -2.46. The molecular weight excluding hydrogens is 320 g/mol. The highest BCUT2D eigenvalue weighted by Crippen LogP contribution is 2.33. The number of benzene rings is 1. The van der Waals surface area contributed by atoms with E-state index in [4.69, 9.17) is 4.74 Å². The number of piperidine rings is 1. The number of para-hydroxylation sites is 1. The van der Waals surface area contributed by atoms with Crippen LogP contribution in [0.5, 0.6) is 0 Å². The first-order valence-electron chi connectivity index (χ1n) is 8.35. The fourth-order valence-electron chi connectivity index (χ4n) is 3.49. The van der Waals surface area contributed by atoms with Crippen LogP contribution in [0.1, 0.15) is 17.7 Å². The minimum Gasteiger partial charge on any atom is -0.382 e. The number of nitrogens with one attached hydrogen (secondary N) is 1. The van der Waals surface area contributed by atoms with E-state index in [1.54, 1.807) is 18.4 Å². The second kappa shape index (κ2) is 7.92. The van der Waals surface area contributed by atoms with E-state index in [1.165, 1.54) is 0 Å². The van der Waals surface area contributed by atoms with Gasteiger partial charge in [0.05, 0.1) is 18.6 Å². The van der Waals surface area contributed by atoms with Crippen LogP contribution in [0, 0.1) is 0 Å². The van der Waals surface area contributed by atoms with Gasteiger partial charge in [-0.15, -0.1) is 11.3 Å². The molecule has 1 aliphatic rings. The Morgan fingerprint density at radius 3 is 2.58 bits per heavy atom. The van der Waals surface area contributed by atoms with Crippen molar-refractivity contribution >= 4 is 22.9 Å². The van der Waals surface area contributed by atoms with E-state index in [0.29, 0.717) is 13.0 Å². The topological polar surface area (TPSA) is 41.6 Å². The van der Waals surface area contributed by atoms with E-state index in [9.17, 15) is 4.79 Å². The van der Waals surface area contributed by atoms with Crippen molar-refractivity contribution in [3.05, 3.63) is 52.7 Å². The van der Waals surface area contributed by atoms with Crippen LogP contribution in [0.15, 0.2) is 47.8 Å². The smallest absolute Gasteiger partial charge is 0.232 e. The summed E-state index contributed by atoms with van der Waals surface area (Å²) in [4.78, 5) is 16.3. The number of carbonyl (C=O) groups is 1. The van der Waals surface area contributed by atoms with E-state index in [-0.39, 0.29) is 11.4 Å². The van der Waals surface area contributed by atoms with Gasteiger partial charge < -0.3 is 15.0 Å². The van der Waals surface area contributed by atoms with Crippen molar-refractivity contribution < 1.29 is 9.53 Å². The summed E-state index contributed by atoms with van der Waals surface area (Å²) in [6, 6.07) is 14.0. The Bertz CT molecular complexity index is 631. The van der Waals surface area contributed by atoms with Crippen molar-refractivity contribution in [2.24, 2.45) is 0 Å². The quantitative estimate of drug-likeness (QED) is 0.875. The number of thiophene rings is 1. The Balaban J connectivity index is 1.95. The summed E-state index contributed by atoms with van der Waals surface area (Å²) in [6.07, 6.45) is 2.23. The summed E-state index contributed by atoms with van der Waals surface area (Å²) in [7, 11) is 1.72. The maximum absolute atomic E-state index is 13.2. The van der Waals surface area contributed by atoms with Gasteiger partial charge in [-0.25, -0.2) is 0 Å². The van der Waals surface area contributed by atoms with Crippen LogP contribution >= 0.6 is 11.3 Å². The molecule has 128 valence electrons. The zero-order valence-corrected chi connectivity index (χ0v) is 14.8. The second-order valence-corrected chi connectivity index (χ2v) is 7.26. The van der Waals surface area contributed by atoms with Gasteiger partial charge in [0.2, 0.25) is 5.91 Å². The first-order valence-corrected chi connectivity index (χ1v) is 9.23. The van der Waals surface area contributed by atoms with Gasteiger partial charge in [0.1, 0.15) is 0 Å². The number of hydrogen-bond donors (Lipinski definition) is 1. The second-order valence-electron chi connectivity index (χ2n) is 6.23. The van der Waals surface area contributed by atoms with Crippen LogP contribution in [-0.4, -0.2) is 38.3 Å². The molecule has 0 spiro atoms. The molecule has 0 bridgehead atoms. The van der Waals surface area contributed by atoms with Gasteiger partial charge in [-0.05, 0) is 49.5 Å². The number of hydrogen-bond acceptors (Lipinski definition) is 4. The third-order valence-electron chi connectivity index (χ3n) is 4.59. The Morgan fingerprint density at radius 1 is 1.21 bits per heavy atom. The molecule has 24 heavy (non-hydrogen) atoms. The molecule has 3 rings (SSSR count). The Hall–Kier alpha value is -1.69. The van der Waals surface area contributed by atoms with Crippen molar-refractivity contribution in [3.8, 4) is 0 Å². The largest absolute Gasteiger partial charge is 0.382 e.